The van der Waals surface area contributed by atoms with Crippen LogP contribution in [0.4, 0.5) is 5.69 Å². The molecule has 1 saturated heterocycles. The van der Waals surface area contributed by atoms with Crippen LogP contribution in [0.15, 0.2) is 23.1 Å². The fourth-order valence-corrected chi connectivity index (χ4v) is 2.70. The molecule has 2 rings (SSSR count). The Kier molecular flexibility index (Phi) is 3.93. The molecule has 0 spiro atoms. The summed E-state index contributed by atoms with van der Waals surface area (Å²) in [6.07, 6.45) is 2.00. The van der Waals surface area contributed by atoms with E-state index < -0.39 is 0 Å². The van der Waals surface area contributed by atoms with Crippen LogP contribution < -0.4 is 4.90 Å². The summed E-state index contributed by atoms with van der Waals surface area (Å²) in [7, 11) is 0. The number of hydrogen-bond donors (Lipinski definition) is 0. The van der Waals surface area contributed by atoms with E-state index in [1.165, 1.54) is 0 Å². The van der Waals surface area contributed by atoms with Crippen LogP contribution in [0.5, 0.6) is 0 Å². The average Bonchev–Trinajstić information content (AvgIpc) is 2.38. The van der Waals surface area contributed by atoms with E-state index in [9.17, 15) is 5.26 Å². The summed E-state index contributed by atoms with van der Waals surface area (Å²) in [5.41, 5.74) is 1.82. The minimum absolute atomic E-state index is 0.327. The summed E-state index contributed by atoms with van der Waals surface area (Å²) in [5, 5.41) is 9.33. The van der Waals surface area contributed by atoms with Crippen LogP contribution >= 0.6 is 11.8 Å². The molecule has 17 heavy (non-hydrogen) atoms. The first-order valence-electron chi connectivity index (χ1n) is 5.69. The van der Waals surface area contributed by atoms with Crippen LogP contribution in [0.3, 0.4) is 0 Å². The highest BCUT2D eigenvalue weighted by atomic mass is 32.2. The monoisotopic (exact) mass is 248 g/mol. The largest absolute Gasteiger partial charge is 0.377 e. The minimum Gasteiger partial charge on any atom is -0.377 e. The molecule has 0 radical (unpaired) electrons. The fourth-order valence-electron chi connectivity index (χ4n) is 2.13. The number of nitrogens with zero attached hydrogens (tertiary/aromatic N) is 2. The minimum atomic E-state index is 0.327. The van der Waals surface area contributed by atoms with Crippen molar-refractivity contribution in [1.82, 2.24) is 0 Å². The van der Waals surface area contributed by atoms with Gasteiger partial charge in [0.1, 0.15) is 6.07 Å². The maximum atomic E-state index is 9.33. The van der Waals surface area contributed by atoms with Crippen molar-refractivity contribution in [2.45, 2.75) is 17.9 Å². The van der Waals surface area contributed by atoms with Crippen LogP contribution in [0.1, 0.15) is 12.5 Å². The number of nitriles is 1. The van der Waals surface area contributed by atoms with Crippen molar-refractivity contribution in [3.63, 3.8) is 0 Å². The number of morpholine rings is 1. The zero-order chi connectivity index (χ0) is 12.3. The van der Waals surface area contributed by atoms with Gasteiger partial charge in [0.2, 0.25) is 0 Å². The fraction of sp³-hybridized carbons (Fsp3) is 0.462. The molecule has 0 aliphatic carbocycles. The van der Waals surface area contributed by atoms with E-state index in [0.717, 1.165) is 35.9 Å². The van der Waals surface area contributed by atoms with Gasteiger partial charge in [-0.25, -0.2) is 0 Å². The summed E-state index contributed by atoms with van der Waals surface area (Å²) in [4.78, 5) is 3.31. The molecular weight excluding hydrogens is 232 g/mol. The summed E-state index contributed by atoms with van der Waals surface area (Å²) in [6, 6.07) is 8.70. The third-order valence-corrected chi connectivity index (χ3v) is 3.79. The van der Waals surface area contributed by atoms with Crippen molar-refractivity contribution in [3.8, 4) is 6.07 Å². The summed E-state index contributed by atoms with van der Waals surface area (Å²) < 4.78 is 5.43. The van der Waals surface area contributed by atoms with Crippen molar-refractivity contribution in [2.24, 2.45) is 0 Å². The first-order chi connectivity index (χ1) is 8.27. The third kappa shape index (κ3) is 2.41. The van der Waals surface area contributed by atoms with Gasteiger partial charge in [-0.05, 0) is 25.3 Å². The van der Waals surface area contributed by atoms with Gasteiger partial charge >= 0.3 is 0 Å². The van der Waals surface area contributed by atoms with Gasteiger partial charge in [0, 0.05) is 17.5 Å². The second-order valence-corrected chi connectivity index (χ2v) is 4.93. The Labute approximate surface area is 106 Å². The highest BCUT2D eigenvalue weighted by Gasteiger charge is 2.22. The van der Waals surface area contributed by atoms with E-state index >= 15 is 0 Å². The van der Waals surface area contributed by atoms with Crippen molar-refractivity contribution in [2.75, 3.05) is 30.9 Å². The zero-order valence-electron chi connectivity index (χ0n) is 10.1. The standard InChI is InChI=1S/C13H16N2OS/c1-10-9-16-7-6-15(10)12-4-3-5-13(17-2)11(12)8-14/h3-5,10H,6-7,9H2,1-2H3. The maximum Gasteiger partial charge on any atom is 0.103 e. The molecule has 0 bridgehead atoms. The lowest BCUT2D eigenvalue weighted by Gasteiger charge is -2.36. The molecule has 3 nitrogen and oxygen atoms in total. The topological polar surface area (TPSA) is 36.3 Å². The van der Waals surface area contributed by atoms with Crippen molar-refractivity contribution >= 4 is 17.4 Å². The molecule has 1 aliphatic heterocycles. The number of benzene rings is 1. The number of ether oxygens (including phenoxy) is 1. The lowest BCUT2D eigenvalue weighted by molar-refractivity contribution is 0.0989. The number of anilines is 1. The molecular formula is C13H16N2OS. The van der Waals surface area contributed by atoms with Gasteiger partial charge in [0.05, 0.1) is 24.5 Å². The van der Waals surface area contributed by atoms with Gasteiger partial charge in [0.15, 0.2) is 0 Å². The van der Waals surface area contributed by atoms with Crippen LogP contribution in [0.2, 0.25) is 0 Å². The smallest absolute Gasteiger partial charge is 0.103 e. The Morgan fingerprint density at radius 3 is 3.00 bits per heavy atom. The summed E-state index contributed by atoms with van der Waals surface area (Å²) >= 11 is 1.62. The molecule has 1 aromatic rings. The summed E-state index contributed by atoms with van der Waals surface area (Å²) in [5.74, 6) is 0. The Balaban J connectivity index is 2.40. The molecule has 0 amide bonds. The van der Waals surface area contributed by atoms with Gasteiger partial charge in [-0.1, -0.05) is 6.07 Å². The van der Waals surface area contributed by atoms with E-state index in [-0.39, 0.29) is 0 Å². The predicted molar refractivity (Wildman–Crippen MR) is 70.6 cm³/mol. The van der Waals surface area contributed by atoms with Crippen LogP contribution in [0.25, 0.3) is 0 Å². The predicted octanol–water partition coefficient (Wildman–Crippen LogP) is 2.51. The van der Waals surface area contributed by atoms with E-state index in [1.807, 2.05) is 24.5 Å². The Bertz CT molecular complexity index is 442. The number of thioether (sulfide) groups is 1. The van der Waals surface area contributed by atoms with Crippen molar-refractivity contribution < 1.29 is 4.74 Å². The molecule has 1 aromatic carbocycles. The van der Waals surface area contributed by atoms with Gasteiger partial charge in [0.25, 0.3) is 0 Å². The average molecular weight is 248 g/mol. The molecule has 1 unspecified atom stereocenters. The molecule has 4 heteroatoms. The normalized spacial score (nSPS) is 20.1. The Hall–Kier alpha value is -1.18. The highest BCUT2D eigenvalue weighted by Crippen LogP contribution is 2.30. The molecule has 90 valence electrons. The molecule has 1 atom stereocenters. The Morgan fingerprint density at radius 1 is 1.53 bits per heavy atom. The van der Waals surface area contributed by atoms with Gasteiger partial charge in [-0.3, -0.25) is 0 Å². The van der Waals surface area contributed by atoms with E-state index in [4.69, 9.17) is 4.74 Å². The lowest BCUT2D eigenvalue weighted by atomic mass is 10.1. The van der Waals surface area contributed by atoms with Crippen LogP contribution in [-0.4, -0.2) is 32.1 Å². The Morgan fingerprint density at radius 2 is 2.35 bits per heavy atom. The van der Waals surface area contributed by atoms with E-state index in [2.05, 4.69) is 17.9 Å². The van der Waals surface area contributed by atoms with Gasteiger partial charge in [-0.15, -0.1) is 11.8 Å². The lowest BCUT2D eigenvalue weighted by Crippen LogP contribution is -2.44. The number of rotatable bonds is 2. The summed E-state index contributed by atoms with van der Waals surface area (Å²) in [6.45, 7) is 4.45. The third-order valence-electron chi connectivity index (χ3n) is 3.01. The van der Waals surface area contributed by atoms with Crippen LogP contribution in [-0.2, 0) is 4.74 Å². The molecule has 0 N–H and O–H groups in total. The van der Waals surface area contributed by atoms with Crippen molar-refractivity contribution in [3.05, 3.63) is 23.8 Å². The number of hydrogen-bond acceptors (Lipinski definition) is 4. The second kappa shape index (κ2) is 5.44. The molecule has 1 fully saturated rings. The zero-order valence-corrected chi connectivity index (χ0v) is 11.0. The van der Waals surface area contributed by atoms with Gasteiger partial charge < -0.3 is 9.64 Å². The SMILES string of the molecule is CSc1cccc(N2CCOCC2C)c1C#N. The quantitative estimate of drug-likeness (QED) is 0.753. The highest BCUT2D eigenvalue weighted by molar-refractivity contribution is 7.98. The van der Waals surface area contributed by atoms with E-state index in [0.29, 0.717) is 6.04 Å². The van der Waals surface area contributed by atoms with Gasteiger partial charge in [-0.2, -0.15) is 5.26 Å². The first-order valence-corrected chi connectivity index (χ1v) is 6.92. The molecule has 0 saturated carbocycles. The first kappa shape index (κ1) is 12.3. The molecule has 0 aromatic heterocycles. The van der Waals surface area contributed by atoms with Crippen LogP contribution in [0, 0.1) is 11.3 Å². The molecule has 1 heterocycles. The van der Waals surface area contributed by atoms with E-state index in [1.54, 1.807) is 11.8 Å². The van der Waals surface area contributed by atoms with Crippen molar-refractivity contribution in [1.29, 1.82) is 5.26 Å². The second-order valence-electron chi connectivity index (χ2n) is 4.08. The molecule has 1 aliphatic rings. The maximum absolute atomic E-state index is 9.33.